The van der Waals surface area contributed by atoms with E-state index in [1.807, 2.05) is 13.8 Å². The molecule has 120 valence electrons. The maximum absolute atomic E-state index is 10.7. The fraction of sp³-hybridized carbons (Fsp3) is 1.00. The van der Waals surface area contributed by atoms with Crippen LogP contribution in [0.1, 0.15) is 79.8 Å². The third-order valence-corrected chi connectivity index (χ3v) is 7.56. The molecule has 0 aromatic heterocycles. The van der Waals surface area contributed by atoms with Crippen molar-refractivity contribution in [3.05, 3.63) is 0 Å². The van der Waals surface area contributed by atoms with Crippen LogP contribution < -0.4 is 0 Å². The van der Waals surface area contributed by atoms with Crippen LogP contribution in [0.25, 0.3) is 0 Å². The van der Waals surface area contributed by atoms with E-state index in [9.17, 15) is 10.2 Å². The Labute approximate surface area is 137 Å². The van der Waals surface area contributed by atoms with Gasteiger partial charge >= 0.3 is 0 Å². The van der Waals surface area contributed by atoms with E-state index in [4.69, 9.17) is 8.22 Å². The minimum atomic E-state index is -2.75. The Bertz CT molecular complexity index is 650. The van der Waals surface area contributed by atoms with E-state index in [1.165, 1.54) is 0 Å². The summed E-state index contributed by atoms with van der Waals surface area (Å²) >= 11 is 0. The minimum Gasteiger partial charge on any atom is -0.393 e. The molecular formula is C19H32O2. The van der Waals surface area contributed by atoms with Crippen molar-refractivity contribution in [3.63, 3.8) is 0 Å². The van der Waals surface area contributed by atoms with Crippen molar-refractivity contribution >= 4 is 0 Å². The zero-order chi connectivity index (χ0) is 20.3. The summed E-state index contributed by atoms with van der Waals surface area (Å²) in [7, 11) is 0. The summed E-state index contributed by atoms with van der Waals surface area (Å²) < 4.78 is 50.2. The third kappa shape index (κ3) is 1.91. The van der Waals surface area contributed by atoms with E-state index >= 15 is 0 Å². The molecule has 0 aliphatic heterocycles. The SMILES string of the molecule is [2H]C1([2H])C[C@]2(C)[C@H]3CC[C@@]4(C)[C@@H](CCC4([2H])O)C3CC[C@H]2C([2H])([2H])[C@@]1([2H])O. The van der Waals surface area contributed by atoms with Crippen LogP contribution in [0.15, 0.2) is 0 Å². The maximum atomic E-state index is 10.7. The smallest absolute Gasteiger partial charge is 0.0606 e. The van der Waals surface area contributed by atoms with Gasteiger partial charge in [-0.3, -0.25) is 0 Å². The average Bonchev–Trinajstić information content (AvgIpc) is 2.75. The molecule has 2 heteroatoms. The van der Waals surface area contributed by atoms with E-state index in [2.05, 4.69) is 0 Å². The van der Waals surface area contributed by atoms with Crippen LogP contribution in [-0.2, 0) is 0 Å². The Hall–Kier alpha value is -0.0800. The topological polar surface area (TPSA) is 40.5 Å². The van der Waals surface area contributed by atoms with Crippen LogP contribution in [0.5, 0.6) is 0 Å². The summed E-state index contributed by atoms with van der Waals surface area (Å²) in [5.41, 5.74) is -1.09. The highest BCUT2D eigenvalue weighted by Gasteiger charge is 2.59. The molecule has 0 saturated heterocycles. The number of hydrogen-bond donors (Lipinski definition) is 2. The lowest BCUT2D eigenvalue weighted by Gasteiger charge is -2.60. The molecule has 4 saturated carbocycles. The van der Waals surface area contributed by atoms with Crippen LogP contribution in [0.4, 0.5) is 0 Å². The lowest BCUT2D eigenvalue weighted by Crippen LogP contribution is -2.54. The van der Waals surface area contributed by atoms with Crippen molar-refractivity contribution in [2.45, 2.75) is 83.7 Å². The highest BCUT2D eigenvalue weighted by Crippen LogP contribution is 2.66. The zero-order valence-electron chi connectivity index (χ0n) is 19.2. The fourth-order valence-corrected chi connectivity index (χ4v) is 6.23. The fourth-order valence-electron chi connectivity index (χ4n) is 6.23. The van der Waals surface area contributed by atoms with Gasteiger partial charge in [0.25, 0.3) is 0 Å². The van der Waals surface area contributed by atoms with Gasteiger partial charge in [0.15, 0.2) is 0 Å². The lowest BCUT2D eigenvalue weighted by molar-refractivity contribution is -0.133. The zero-order valence-corrected chi connectivity index (χ0v) is 13.2. The third-order valence-electron chi connectivity index (χ3n) is 7.56. The highest BCUT2D eigenvalue weighted by molar-refractivity contribution is 5.09. The summed E-state index contributed by atoms with van der Waals surface area (Å²) in [6.07, 6.45) is -4.85. The van der Waals surface area contributed by atoms with Gasteiger partial charge in [0.05, 0.1) is 14.9 Å². The Morgan fingerprint density at radius 1 is 0.952 bits per heavy atom. The van der Waals surface area contributed by atoms with Crippen molar-refractivity contribution in [1.29, 1.82) is 0 Å². The Kier molecular flexibility index (Phi) is 2.08. The molecule has 21 heavy (non-hydrogen) atoms. The quantitative estimate of drug-likeness (QED) is 0.715. The Morgan fingerprint density at radius 3 is 2.52 bits per heavy atom. The molecule has 0 heterocycles. The molecule has 4 fully saturated rings. The molecule has 0 aromatic rings. The van der Waals surface area contributed by atoms with Gasteiger partial charge in [-0.2, -0.15) is 0 Å². The number of rotatable bonds is 0. The standard InChI is InChI=1S/C19H32O2/c1-18-9-7-13(20)11-12(18)3-4-14-15-5-6-17(21)19(15,2)10-8-16(14)18/h12-17,20-21H,3-11H2,1-2H3/t12-,13-,14?,15-,16-,17?,18-,19-/m0/s1/i7D2,11D2,13D,17D. The van der Waals surface area contributed by atoms with E-state index in [0.717, 1.165) is 19.3 Å². The van der Waals surface area contributed by atoms with Crippen LogP contribution in [-0.4, -0.2) is 22.4 Å². The first-order valence-corrected chi connectivity index (χ1v) is 8.57. The molecule has 2 unspecified atom stereocenters. The monoisotopic (exact) mass is 298 g/mol. The lowest BCUT2D eigenvalue weighted by atomic mass is 9.45. The van der Waals surface area contributed by atoms with Gasteiger partial charge in [0.2, 0.25) is 0 Å². The predicted molar refractivity (Wildman–Crippen MR) is 83.7 cm³/mol. The maximum Gasteiger partial charge on any atom is 0.0606 e. The first kappa shape index (κ1) is 9.27. The van der Waals surface area contributed by atoms with Crippen LogP contribution in [0.3, 0.4) is 0 Å². The van der Waals surface area contributed by atoms with Gasteiger partial charge in [0.1, 0.15) is 0 Å². The normalized spacial score (nSPS) is 76.0. The second-order valence-corrected chi connectivity index (χ2v) is 8.30. The molecule has 8 atom stereocenters. The molecule has 0 radical (unpaired) electrons. The summed E-state index contributed by atoms with van der Waals surface area (Å²) in [5, 5.41) is 21.2. The van der Waals surface area contributed by atoms with E-state index in [1.54, 1.807) is 0 Å². The molecule has 0 spiro atoms. The molecule has 4 rings (SSSR count). The van der Waals surface area contributed by atoms with Gasteiger partial charge in [0, 0.05) is 5.48 Å². The Balaban J connectivity index is 1.74. The van der Waals surface area contributed by atoms with Crippen molar-refractivity contribution in [2.75, 3.05) is 0 Å². The largest absolute Gasteiger partial charge is 0.393 e. The van der Waals surface area contributed by atoms with Gasteiger partial charge in [-0.15, -0.1) is 0 Å². The average molecular weight is 298 g/mol. The summed E-state index contributed by atoms with van der Waals surface area (Å²) in [5.74, 6) is -0.0133. The molecule has 0 bridgehead atoms. The molecule has 0 amide bonds. The molecule has 0 aromatic carbocycles. The first-order valence-electron chi connectivity index (χ1n) is 11.6. The second-order valence-electron chi connectivity index (χ2n) is 8.30. The summed E-state index contributed by atoms with van der Waals surface area (Å²) in [6, 6.07) is 0. The van der Waals surface area contributed by atoms with Crippen molar-refractivity contribution in [2.24, 2.45) is 34.5 Å². The van der Waals surface area contributed by atoms with E-state index in [0.29, 0.717) is 19.3 Å². The number of fused-ring (bicyclic) bond motifs is 5. The summed E-state index contributed by atoms with van der Waals surface area (Å²) in [6.45, 7) is 3.98. The molecule has 4 aliphatic rings. The molecular weight excluding hydrogens is 260 g/mol. The molecule has 2 nitrogen and oxygen atoms in total. The summed E-state index contributed by atoms with van der Waals surface area (Å²) in [4.78, 5) is 0. The van der Waals surface area contributed by atoms with Crippen molar-refractivity contribution in [1.82, 2.24) is 0 Å². The van der Waals surface area contributed by atoms with Gasteiger partial charge in [-0.1, -0.05) is 13.8 Å². The Morgan fingerprint density at radius 2 is 1.71 bits per heavy atom. The van der Waals surface area contributed by atoms with E-state index in [-0.39, 0.29) is 24.2 Å². The van der Waals surface area contributed by atoms with Crippen LogP contribution in [0.2, 0.25) is 0 Å². The van der Waals surface area contributed by atoms with Crippen molar-refractivity contribution in [3.8, 4) is 0 Å². The number of aliphatic hydroxyl groups is 2. The number of hydrogen-bond acceptors (Lipinski definition) is 2. The van der Waals surface area contributed by atoms with Crippen LogP contribution >= 0.6 is 0 Å². The van der Waals surface area contributed by atoms with Gasteiger partial charge < -0.3 is 10.2 Å². The van der Waals surface area contributed by atoms with Gasteiger partial charge in [-0.05, 0) is 92.2 Å². The first-order chi connectivity index (χ1) is 12.1. The van der Waals surface area contributed by atoms with Crippen LogP contribution in [0, 0.1) is 34.5 Å². The van der Waals surface area contributed by atoms with Crippen molar-refractivity contribution < 1.29 is 18.4 Å². The molecule has 4 aliphatic carbocycles. The highest BCUT2D eigenvalue weighted by atomic mass is 16.3. The molecule has 2 N–H and O–H groups in total. The van der Waals surface area contributed by atoms with Gasteiger partial charge in [-0.25, -0.2) is 0 Å². The predicted octanol–water partition coefficient (Wildman–Crippen LogP) is 3.75. The minimum absolute atomic E-state index is 0.0140. The second kappa shape index (κ2) is 4.71. The van der Waals surface area contributed by atoms with E-state index < -0.39 is 41.7 Å².